The minimum absolute atomic E-state index is 0.103. The highest BCUT2D eigenvalue weighted by atomic mass is 16.2. The van der Waals surface area contributed by atoms with Gasteiger partial charge in [0, 0.05) is 18.7 Å². The molecule has 34 heavy (non-hydrogen) atoms. The fourth-order valence-electron chi connectivity index (χ4n) is 4.45. The Hall–Kier alpha value is -3.52. The van der Waals surface area contributed by atoms with Gasteiger partial charge in [-0.1, -0.05) is 31.0 Å². The second-order valence-electron chi connectivity index (χ2n) is 8.83. The van der Waals surface area contributed by atoms with Crippen LogP contribution in [0.4, 0.5) is 5.69 Å². The first-order chi connectivity index (χ1) is 16.5. The Balaban J connectivity index is 1.35. The Morgan fingerprint density at radius 2 is 1.59 bits per heavy atom. The number of carbonyl (C=O) groups is 4. The summed E-state index contributed by atoms with van der Waals surface area (Å²) in [5.74, 6) is -1.98. The van der Waals surface area contributed by atoms with Crippen LogP contribution < -0.4 is 16.4 Å². The van der Waals surface area contributed by atoms with Gasteiger partial charge < -0.3 is 11.1 Å². The maximum absolute atomic E-state index is 13.0. The predicted octanol–water partition coefficient (Wildman–Crippen LogP) is 2.76. The molecule has 0 spiro atoms. The van der Waals surface area contributed by atoms with Crippen molar-refractivity contribution in [2.45, 2.75) is 57.5 Å². The molecule has 1 saturated heterocycles. The molecule has 0 aromatic heterocycles. The van der Waals surface area contributed by atoms with Gasteiger partial charge in [0.15, 0.2) is 0 Å². The van der Waals surface area contributed by atoms with Crippen LogP contribution in [-0.2, 0) is 22.6 Å². The lowest BCUT2D eigenvalue weighted by Gasteiger charge is -2.27. The molecule has 2 aromatic rings. The van der Waals surface area contributed by atoms with E-state index in [1.54, 1.807) is 18.2 Å². The molecule has 4 rings (SSSR count). The van der Waals surface area contributed by atoms with Gasteiger partial charge in [-0.05, 0) is 67.6 Å². The summed E-state index contributed by atoms with van der Waals surface area (Å²) in [7, 11) is 0. The SMILES string of the molecule is NCCCCCCc1ccc(NCc2ccc3c(c2)C(=O)N(C2CCC(=O)NC2=O)C3=O)cc1. The lowest BCUT2D eigenvalue weighted by Crippen LogP contribution is -2.54. The van der Waals surface area contributed by atoms with E-state index >= 15 is 0 Å². The van der Waals surface area contributed by atoms with Gasteiger partial charge in [-0.3, -0.25) is 29.4 Å². The van der Waals surface area contributed by atoms with Crippen LogP contribution in [-0.4, -0.2) is 41.1 Å². The molecule has 1 atom stereocenters. The number of amides is 4. The topological polar surface area (TPSA) is 122 Å². The highest BCUT2D eigenvalue weighted by Gasteiger charge is 2.44. The quantitative estimate of drug-likeness (QED) is 0.369. The fourth-order valence-corrected chi connectivity index (χ4v) is 4.45. The monoisotopic (exact) mass is 462 g/mol. The summed E-state index contributed by atoms with van der Waals surface area (Å²) in [5, 5.41) is 5.56. The van der Waals surface area contributed by atoms with Crippen LogP contribution in [0.15, 0.2) is 42.5 Å². The maximum atomic E-state index is 13.0. The van der Waals surface area contributed by atoms with Gasteiger partial charge in [-0.15, -0.1) is 0 Å². The second kappa shape index (κ2) is 10.6. The highest BCUT2D eigenvalue weighted by molar-refractivity contribution is 6.23. The third-order valence-corrected chi connectivity index (χ3v) is 6.37. The average molecular weight is 463 g/mol. The molecule has 1 fully saturated rings. The third kappa shape index (κ3) is 5.17. The van der Waals surface area contributed by atoms with Crippen molar-refractivity contribution in [3.05, 3.63) is 64.7 Å². The summed E-state index contributed by atoms with van der Waals surface area (Å²) in [5.41, 5.74) is 9.23. The minimum Gasteiger partial charge on any atom is -0.381 e. The summed E-state index contributed by atoms with van der Waals surface area (Å²) in [4.78, 5) is 50.4. The van der Waals surface area contributed by atoms with E-state index in [1.807, 2.05) is 12.1 Å². The van der Waals surface area contributed by atoms with Gasteiger partial charge in [-0.25, -0.2) is 0 Å². The van der Waals surface area contributed by atoms with Crippen molar-refractivity contribution in [2.24, 2.45) is 5.73 Å². The lowest BCUT2D eigenvalue weighted by atomic mass is 10.0. The van der Waals surface area contributed by atoms with Crippen molar-refractivity contribution in [1.29, 1.82) is 0 Å². The zero-order valence-electron chi connectivity index (χ0n) is 19.1. The summed E-state index contributed by atoms with van der Waals surface area (Å²) in [6.07, 6.45) is 5.91. The zero-order chi connectivity index (χ0) is 24.1. The number of carbonyl (C=O) groups excluding carboxylic acids is 4. The van der Waals surface area contributed by atoms with Crippen LogP contribution in [0.2, 0.25) is 0 Å². The molecule has 8 nitrogen and oxygen atoms in total. The first-order valence-corrected chi connectivity index (χ1v) is 11.9. The molecule has 0 bridgehead atoms. The van der Waals surface area contributed by atoms with Gasteiger partial charge in [0.05, 0.1) is 11.1 Å². The van der Waals surface area contributed by atoms with Crippen LogP contribution in [0.1, 0.15) is 70.4 Å². The van der Waals surface area contributed by atoms with Crippen LogP contribution in [0.5, 0.6) is 0 Å². The fraction of sp³-hybridized carbons (Fsp3) is 0.385. The zero-order valence-corrected chi connectivity index (χ0v) is 19.1. The predicted molar refractivity (Wildman–Crippen MR) is 128 cm³/mol. The number of benzene rings is 2. The van der Waals surface area contributed by atoms with Gasteiger partial charge in [0.2, 0.25) is 11.8 Å². The minimum atomic E-state index is -0.953. The Bertz CT molecular complexity index is 1100. The van der Waals surface area contributed by atoms with Gasteiger partial charge in [0.1, 0.15) is 6.04 Å². The summed E-state index contributed by atoms with van der Waals surface area (Å²) in [6.45, 7) is 1.25. The number of nitrogens with one attached hydrogen (secondary N) is 2. The lowest BCUT2D eigenvalue weighted by molar-refractivity contribution is -0.136. The molecule has 4 amide bonds. The number of fused-ring (bicyclic) bond motifs is 1. The van der Waals surface area contributed by atoms with Gasteiger partial charge in [-0.2, -0.15) is 0 Å². The van der Waals surface area contributed by atoms with E-state index in [-0.39, 0.29) is 24.3 Å². The summed E-state index contributed by atoms with van der Waals surface area (Å²) in [6, 6.07) is 12.5. The van der Waals surface area contributed by atoms with Crippen molar-refractivity contribution < 1.29 is 19.2 Å². The molecular weight excluding hydrogens is 432 g/mol. The Kier molecular flexibility index (Phi) is 7.37. The third-order valence-electron chi connectivity index (χ3n) is 6.37. The molecule has 0 saturated carbocycles. The Labute approximate surface area is 198 Å². The van der Waals surface area contributed by atoms with Crippen LogP contribution >= 0.6 is 0 Å². The number of aryl methyl sites for hydroxylation is 1. The second-order valence-corrected chi connectivity index (χ2v) is 8.83. The van der Waals surface area contributed by atoms with Crippen molar-refractivity contribution >= 4 is 29.3 Å². The number of rotatable bonds is 10. The number of hydrogen-bond acceptors (Lipinski definition) is 6. The molecule has 0 aliphatic carbocycles. The van der Waals surface area contributed by atoms with E-state index in [2.05, 4.69) is 22.8 Å². The summed E-state index contributed by atoms with van der Waals surface area (Å²) < 4.78 is 0. The van der Waals surface area contributed by atoms with Crippen molar-refractivity contribution in [2.75, 3.05) is 11.9 Å². The van der Waals surface area contributed by atoms with E-state index < -0.39 is 23.8 Å². The van der Waals surface area contributed by atoms with Crippen molar-refractivity contribution in [3.8, 4) is 0 Å². The molecule has 0 radical (unpaired) electrons. The number of hydrogen-bond donors (Lipinski definition) is 3. The van der Waals surface area contributed by atoms with Gasteiger partial charge >= 0.3 is 0 Å². The van der Waals surface area contributed by atoms with E-state index in [0.717, 1.165) is 42.0 Å². The summed E-state index contributed by atoms with van der Waals surface area (Å²) >= 11 is 0. The van der Waals surface area contributed by atoms with E-state index in [0.29, 0.717) is 12.1 Å². The molecule has 2 aliphatic rings. The molecular formula is C26H30N4O4. The van der Waals surface area contributed by atoms with Crippen LogP contribution in [0.3, 0.4) is 0 Å². The van der Waals surface area contributed by atoms with E-state index in [9.17, 15) is 19.2 Å². The largest absolute Gasteiger partial charge is 0.381 e. The van der Waals surface area contributed by atoms with Crippen molar-refractivity contribution in [1.82, 2.24) is 10.2 Å². The molecule has 2 heterocycles. The molecule has 178 valence electrons. The standard InChI is InChI=1S/C26H30N4O4/c27-14-4-2-1-3-5-17-6-9-19(10-7-17)28-16-18-8-11-20-21(15-18)26(34)30(25(20)33)22-12-13-23(31)29-24(22)32/h6-11,15,22,28H,1-5,12-14,16,27H2,(H,29,31,32). The number of unbranched alkanes of at least 4 members (excludes halogenated alkanes) is 3. The molecule has 2 aliphatic heterocycles. The molecule has 2 aromatic carbocycles. The first kappa shape index (κ1) is 23.6. The van der Waals surface area contributed by atoms with Crippen LogP contribution in [0.25, 0.3) is 0 Å². The number of nitrogens with two attached hydrogens (primary N) is 1. The average Bonchev–Trinajstić information content (AvgIpc) is 3.08. The number of imide groups is 2. The molecule has 1 unspecified atom stereocenters. The maximum Gasteiger partial charge on any atom is 0.262 e. The molecule has 4 N–H and O–H groups in total. The Morgan fingerprint density at radius 3 is 2.32 bits per heavy atom. The number of nitrogens with zero attached hydrogens (tertiary/aromatic N) is 1. The molecule has 8 heteroatoms. The van der Waals surface area contributed by atoms with Crippen LogP contribution in [0, 0.1) is 0 Å². The number of anilines is 1. The normalized spacial score (nSPS) is 17.7. The number of piperidine rings is 1. The highest BCUT2D eigenvalue weighted by Crippen LogP contribution is 2.28. The Morgan fingerprint density at radius 1 is 0.882 bits per heavy atom. The van der Waals surface area contributed by atoms with E-state index in [1.165, 1.54) is 18.4 Å². The first-order valence-electron chi connectivity index (χ1n) is 11.9. The smallest absolute Gasteiger partial charge is 0.262 e. The van der Waals surface area contributed by atoms with Crippen molar-refractivity contribution in [3.63, 3.8) is 0 Å². The van der Waals surface area contributed by atoms with Gasteiger partial charge in [0.25, 0.3) is 11.8 Å². The van der Waals surface area contributed by atoms with E-state index in [4.69, 9.17) is 5.73 Å².